The fourth-order valence-electron chi connectivity index (χ4n) is 1.27. The van der Waals surface area contributed by atoms with Crippen molar-refractivity contribution in [3.8, 4) is 11.5 Å². The second-order valence-corrected chi connectivity index (χ2v) is 3.40. The third kappa shape index (κ3) is 2.57. The van der Waals surface area contributed by atoms with Crippen LogP contribution in [-0.4, -0.2) is 19.3 Å². The van der Waals surface area contributed by atoms with Gasteiger partial charge in [-0.25, -0.2) is 0 Å². The summed E-state index contributed by atoms with van der Waals surface area (Å²) < 4.78 is 50.1. The molecule has 0 fully saturated rings. The molecule has 1 heterocycles. The topological polar surface area (TPSA) is 27.7 Å². The number of rotatable bonds is 2. The van der Waals surface area contributed by atoms with Crippen LogP contribution in [-0.2, 0) is 4.74 Å². The molecule has 3 nitrogen and oxygen atoms in total. The monoisotopic (exact) mass is 234 g/mol. The minimum atomic E-state index is -4.39. The first-order chi connectivity index (χ1) is 7.44. The zero-order chi connectivity index (χ0) is 11.8. The highest BCUT2D eigenvalue weighted by Crippen LogP contribution is 2.35. The van der Waals surface area contributed by atoms with Gasteiger partial charge in [-0.1, -0.05) is 6.07 Å². The van der Waals surface area contributed by atoms with Crippen LogP contribution in [0.5, 0.6) is 11.5 Å². The summed E-state index contributed by atoms with van der Waals surface area (Å²) in [7, 11) is 0. The molecule has 16 heavy (non-hydrogen) atoms. The Bertz CT molecular complexity index is 389. The van der Waals surface area contributed by atoms with Gasteiger partial charge in [0.05, 0.1) is 0 Å². The molecule has 0 N–H and O–H groups in total. The lowest BCUT2D eigenvalue weighted by Crippen LogP contribution is -2.28. The molecule has 1 aliphatic heterocycles. The van der Waals surface area contributed by atoms with E-state index < -0.39 is 19.3 Å². The van der Waals surface area contributed by atoms with Gasteiger partial charge in [0.25, 0.3) is 0 Å². The molecular weight excluding hydrogens is 225 g/mol. The summed E-state index contributed by atoms with van der Waals surface area (Å²) >= 11 is 0. The minimum Gasteiger partial charge on any atom is -0.428 e. The maximum atomic E-state index is 11.9. The second kappa shape index (κ2) is 3.86. The van der Waals surface area contributed by atoms with E-state index in [1.807, 2.05) is 6.92 Å². The van der Waals surface area contributed by atoms with E-state index in [1.165, 1.54) is 0 Å². The van der Waals surface area contributed by atoms with E-state index in [4.69, 9.17) is 9.47 Å². The van der Waals surface area contributed by atoms with Crippen LogP contribution < -0.4 is 9.47 Å². The SMILES string of the molecule is Cc1ccc2c(c1)OC(OCC(F)(F)F)O2. The number of alkyl halides is 3. The molecule has 2 rings (SSSR count). The Balaban J connectivity index is 1.95. The van der Waals surface area contributed by atoms with Gasteiger partial charge in [0.1, 0.15) is 0 Å². The number of hydrogen-bond donors (Lipinski definition) is 0. The Morgan fingerprint density at radius 1 is 1.25 bits per heavy atom. The molecule has 0 saturated carbocycles. The number of hydrogen-bond acceptors (Lipinski definition) is 3. The number of fused-ring (bicyclic) bond motifs is 1. The molecule has 6 heteroatoms. The average Bonchev–Trinajstić information content (AvgIpc) is 2.55. The lowest BCUT2D eigenvalue weighted by molar-refractivity contribution is -0.248. The fourth-order valence-corrected chi connectivity index (χ4v) is 1.27. The van der Waals surface area contributed by atoms with Gasteiger partial charge in [-0.05, 0) is 24.6 Å². The fraction of sp³-hybridized carbons (Fsp3) is 0.400. The molecule has 0 bridgehead atoms. The zero-order valence-corrected chi connectivity index (χ0v) is 8.38. The maximum Gasteiger partial charge on any atom is 0.412 e. The molecular formula is C10H9F3O3. The molecule has 1 aromatic rings. The van der Waals surface area contributed by atoms with Crippen molar-refractivity contribution in [3.05, 3.63) is 23.8 Å². The van der Waals surface area contributed by atoms with E-state index in [-0.39, 0.29) is 0 Å². The standard InChI is InChI=1S/C10H9F3O3/c1-6-2-3-7-8(4-6)16-9(15-7)14-5-10(11,12)13/h2-4,9H,5H2,1H3. The van der Waals surface area contributed by atoms with Crippen molar-refractivity contribution in [2.45, 2.75) is 19.6 Å². The summed E-state index contributed by atoms with van der Waals surface area (Å²) in [5.41, 5.74) is 0.929. The average molecular weight is 234 g/mol. The predicted octanol–water partition coefficient (Wildman–Crippen LogP) is 2.63. The summed E-state index contributed by atoms with van der Waals surface area (Å²) in [5.74, 6) is 0.782. The highest BCUT2D eigenvalue weighted by molar-refractivity contribution is 5.44. The first-order valence-corrected chi connectivity index (χ1v) is 4.56. The molecule has 0 aromatic heterocycles. The van der Waals surface area contributed by atoms with E-state index in [1.54, 1.807) is 18.2 Å². The van der Waals surface area contributed by atoms with Crippen molar-refractivity contribution in [1.82, 2.24) is 0 Å². The molecule has 0 amide bonds. The largest absolute Gasteiger partial charge is 0.428 e. The molecule has 0 radical (unpaired) electrons. The smallest absolute Gasteiger partial charge is 0.412 e. The zero-order valence-electron chi connectivity index (χ0n) is 8.38. The predicted molar refractivity (Wildman–Crippen MR) is 48.2 cm³/mol. The van der Waals surface area contributed by atoms with Crippen LogP contribution in [0.3, 0.4) is 0 Å². The number of benzene rings is 1. The highest BCUT2D eigenvalue weighted by atomic mass is 19.4. The normalized spacial score (nSPS) is 18.9. The summed E-state index contributed by atoms with van der Waals surface area (Å²) in [6.07, 6.45) is -4.39. The molecule has 1 aromatic carbocycles. The van der Waals surface area contributed by atoms with Crippen molar-refractivity contribution in [3.63, 3.8) is 0 Å². The highest BCUT2D eigenvalue weighted by Gasteiger charge is 2.33. The summed E-state index contributed by atoms with van der Waals surface area (Å²) in [6, 6.07) is 5.07. The van der Waals surface area contributed by atoms with Crippen LogP contribution in [0.1, 0.15) is 5.56 Å². The first kappa shape index (κ1) is 11.1. The summed E-state index contributed by atoms with van der Waals surface area (Å²) in [6.45, 7) is -0.878. The van der Waals surface area contributed by atoms with E-state index in [0.29, 0.717) is 11.5 Å². The van der Waals surface area contributed by atoms with Crippen LogP contribution in [0.4, 0.5) is 13.2 Å². The number of halogens is 3. The molecule has 0 aliphatic carbocycles. The lowest BCUT2D eigenvalue weighted by Gasteiger charge is -2.12. The van der Waals surface area contributed by atoms with Crippen molar-refractivity contribution >= 4 is 0 Å². The van der Waals surface area contributed by atoms with Crippen LogP contribution in [0.15, 0.2) is 18.2 Å². The van der Waals surface area contributed by atoms with Crippen molar-refractivity contribution in [2.75, 3.05) is 6.61 Å². The van der Waals surface area contributed by atoms with Crippen LogP contribution in [0.25, 0.3) is 0 Å². The molecule has 1 aliphatic rings. The van der Waals surface area contributed by atoms with Gasteiger partial charge in [-0.2, -0.15) is 13.2 Å². The third-order valence-corrected chi connectivity index (χ3v) is 1.93. The van der Waals surface area contributed by atoms with E-state index in [2.05, 4.69) is 4.74 Å². The van der Waals surface area contributed by atoms with Crippen LogP contribution in [0.2, 0.25) is 0 Å². The maximum absolute atomic E-state index is 11.9. The van der Waals surface area contributed by atoms with Gasteiger partial charge in [-0.3, -0.25) is 0 Å². The van der Waals surface area contributed by atoms with Crippen molar-refractivity contribution in [1.29, 1.82) is 0 Å². The van der Waals surface area contributed by atoms with E-state index in [0.717, 1.165) is 5.56 Å². The van der Waals surface area contributed by atoms with Crippen LogP contribution in [0, 0.1) is 6.92 Å². The van der Waals surface area contributed by atoms with Gasteiger partial charge < -0.3 is 14.2 Å². The Morgan fingerprint density at radius 2 is 1.94 bits per heavy atom. The number of aryl methyl sites for hydroxylation is 1. The summed E-state index contributed by atoms with van der Waals surface area (Å²) in [4.78, 5) is 0. The van der Waals surface area contributed by atoms with Gasteiger partial charge in [0.15, 0.2) is 18.1 Å². The van der Waals surface area contributed by atoms with E-state index in [9.17, 15) is 13.2 Å². The van der Waals surface area contributed by atoms with Gasteiger partial charge in [0, 0.05) is 0 Å². The summed E-state index contributed by atoms with van der Waals surface area (Å²) in [5, 5.41) is 0. The van der Waals surface area contributed by atoms with Crippen LogP contribution >= 0.6 is 0 Å². The Kier molecular flexibility index (Phi) is 2.67. The van der Waals surface area contributed by atoms with Crippen molar-refractivity contribution < 1.29 is 27.4 Å². The molecule has 1 unspecified atom stereocenters. The molecule has 0 spiro atoms. The lowest BCUT2D eigenvalue weighted by atomic mass is 10.2. The van der Waals surface area contributed by atoms with Gasteiger partial charge in [-0.15, -0.1) is 0 Å². The van der Waals surface area contributed by atoms with E-state index >= 15 is 0 Å². The molecule has 0 saturated heterocycles. The Labute approximate surface area is 89.7 Å². The number of ether oxygens (including phenoxy) is 3. The van der Waals surface area contributed by atoms with Gasteiger partial charge in [0.2, 0.25) is 0 Å². The Hall–Kier alpha value is -1.43. The first-order valence-electron chi connectivity index (χ1n) is 4.56. The molecule has 88 valence electrons. The van der Waals surface area contributed by atoms with Crippen molar-refractivity contribution in [2.24, 2.45) is 0 Å². The minimum absolute atomic E-state index is 0.387. The third-order valence-electron chi connectivity index (χ3n) is 1.93. The van der Waals surface area contributed by atoms with Gasteiger partial charge >= 0.3 is 12.7 Å². The molecule has 1 atom stereocenters. The Morgan fingerprint density at radius 3 is 2.62 bits per heavy atom. The second-order valence-electron chi connectivity index (χ2n) is 3.40. The quantitative estimate of drug-likeness (QED) is 0.787.